The number of hydrogen-bond donors (Lipinski definition) is 0. The molecule has 2 aromatic heterocycles. The van der Waals surface area contributed by atoms with Crippen molar-refractivity contribution in [3.63, 3.8) is 0 Å². The largest absolute Gasteiger partial charge is 0.439 e. The van der Waals surface area contributed by atoms with E-state index in [1.807, 2.05) is 60.4 Å². The van der Waals surface area contributed by atoms with Crippen molar-refractivity contribution in [3.05, 3.63) is 77.6 Å². The summed E-state index contributed by atoms with van der Waals surface area (Å²) in [6.07, 6.45) is 1.38. The van der Waals surface area contributed by atoms with E-state index in [1.54, 1.807) is 12.3 Å². The normalized spacial score (nSPS) is 18.6. The van der Waals surface area contributed by atoms with Gasteiger partial charge in [0.1, 0.15) is 17.7 Å². The first-order chi connectivity index (χ1) is 16.7. The molecule has 34 heavy (non-hydrogen) atoms. The van der Waals surface area contributed by atoms with Crippen molar-refractivity contribution in [3.8, 4) is 11.6 Å². The number of rotatable bonds is 5. The number of anilines is 1. The molecule has 1 aromatic carbocycles. The zero-order chi connectivity index (χ0) is 23.3. The number of nitrogens with zero attached hydrogens (tertiary/aromatic N) is 4. The average molecular weight is 461 g/mol. The fraction of sp³-hybridized carbons (Fsp3) is 0.346. The summed E-state index contributed by atoms with van der Waals surface area (Å²) in [6.45, 7) is 6.33. The third-order valence-electron chi connectivity index (χ3n) is 6.00. The number of benzene rings is 1. The molecule has 176 valence electrons. The summed E-state index contributed by atoms with van der Waals surface area (Å²) in [6, 6.07) is 17.1. The van der Waals surface area contributed by atoms with E-state index in [0.29, 0.717) is 44.4 Å². The number of hydrogen-bond acceptors (Lipinski definition) is 7. The van der Waals surface area contributed by atoms with Gasteiger partial charge in [0.15, 0.2) is 0 Å². The number of morpholine rings is 2. The second-order valence-electron chi connectivity index (χ2n) is 8.43. The van der Waals surface area contributed by atoms with Crippen LogP contribution in [0, 0.1) is 6.92 Å². The summed E-state index contributed by atoms with van der Waals surface area (Å²) < 4.78 is 17.3. The van der Waals surface area contributed by atoms with Gasteiger partial charge >= 0.3 is 0 Å². The summed E-state index contributed by atoms with van der Waals surface area (Å²) in [5.74, 6) is 2.00. The van der Waals surface area contributed by atoms with Crippen LogP contribution in [0.2, 0.25) is 0 Å². The number of carbonyl (C=O) groups is 1. The van der Waals surface area contributed by atoms with Gasteiger partial charge in [-0.15, -0.1) is 0 Å². The third kappa shape index (κ3) is 5.18. The Kier molecular flexibility index (Phi) is 6.69. The highest BCUT2D eigenvalue weighted by Gasteiger charge is 2.28. The van der Waals surface area contributed by atoms with Crippen LogP contribution in [-0.4, -0.2) is 66.8 Å². The van der Waals surface area contributed by atoms with Crippen molar-refractivity contribution in [2.45, 2.75) is 13.0 Å². The summed E-state index contributed by atoms with van der Waals surface area (Å²) >= 11 is 0. The SMILES string of the molecule is Cc1ccc(Oc2cccc(C3CN(C(=O)c4ccnc(N5CCOCC5)c4)CCO3)n2)cc1. The van der Waals surface area contributed by atoms with Gasteiger partial charge in [-0.05, 0) is 37.3 Å². The molecule has 3 aromatic rings. The van der Waals surface area contributed by atoms with Gasteiger partial charge in [0.2, 0.25) is 5.88 Å². The molecule has 8 nitrogen and oxygen atoms in total. The Bertz CT molecular complexity index is 1130. The molecule has 2 saturated heterocycles. The first-order valence-corrected chi connectivity index (χ1v) is 11.6. The molecule has 2 aliphatic heterocycles. The second-order valence-corrected chi connectivity index (χ2v) is 8.43. The van der Waals surface area contributed by atoms with Gasteiger partial charge in [-0.1, -0.05) is 23.8 Å². The maximum absolute atomic E-state index is 13.3. The first-order valence-electron chi connectivity index (χ1n) is 11.6. The molecule has 2 aliphatic rings. The zero-order valence-electron chi connectivity index (χ0n) is 19.2. The van der Waals surface area contributed by atoms with Crippen molar-refractivity contribution in [1.82, 2.24) is 14.9 Å². The molecule has 5 rings (SSSR count). The molecule has 0 N–H and O–H groups in total. The number of aromatic nitrogens is 2. The molecule has 0 spiro atoms. The van der Waals surface area contributed by atoms with E-state index in [0.717, 1.165) is 30.4 Å². The average Bonchev–Trinajstić information content (AvgIpc) is 2.90. The van der Waals surface area contributed by atoms with Crippen LogP contribution in [0.25, 0.3) is 0 Å². The molecule has 4 heterocycles. The van der Waals surface area contributed by atoms with E-state index in [1.165, 1.54) is 5.56 Å². The van der Waals surface area contributed by atoms with Crippen LogP contribution >= 0.6 is 0 Å². The third-order valence-corrected chi connectivity index (χ3v) is 6.00. The van der Waals surface area contributed by atoms with Gasteiger partial charge in [0, 0.05) is 37.5 Å². The Morgan fingerprint density at radius 1 is 1.03 bits per heavy atom. The molecule has 0 saturated carbocycles. The molecule has 0 radical (unpaired) electrons. The van der Waals surface area contributed by atoms with Gasteiger partial charge in [0.05, 0.1) is 32.1 Å². The highest BCUT2D eigenvalue weighted by atomic mass is 16.5. The predicted molar refractivity (Wildman–Crippen MR) is 127 cm³/mol. The van der Waals surface area contributed by atoms with Gasteiger partial charge < -0.3 is 24.0 Å². The van der Waals surface area contributed by atoms with Gasteiger partial charge in [0.25, 0.3) is 5.91 Å². The molecule has 8 heteroatoms. The Balaban J connectivity index is 1.27. The van der Waals surface area contributed by atoms with Crippen LogP contribution in [0.15, 0.2) is 60.8 Å². The summed E-state index contributed by atoms with van der Waals surface area (Å²) in [5.41, 5.74) is 2.54. The smallest absolute Gasteiger partial charge is 0.254 e. The Morgan fingerprint density at radius 2 is 1.85 bits per heavy atom. The summed E-state index contributed by atoms with van der Waals surface area (Å²) in [5, 5.41) is 0. The number of ether oxygens (including phenoxy) is 3. The van der Waals surface area contributed by atoms with Crippen LogP contribution in [0.3, 0.4) is 0 Å². The van der Waals surface area contributed by atoms with Gasteiger partial charge in [-0.3, -0.25) is 4.79 Å². The molecular formula is C26H28N4O4. The Hall–Kier alpha value is -3.49. The number of aryl methyl sites for hydroxylation is 1. The fourth-order valence-corrected chi connectivity index (χ4v) is 4.11. The molecular weight excluding hydrogens is 432 g/mol. The molecule has 1 amide bonds. The quantitative estimate of drug-likeness (QED) is 0.575. The fourth-order valence-electron chi connectivity index (χ4n) is 4.11. The Morgan fingerprint density at radius 3 is 2.68 bits per heavy atom. The topological polar surface area (TPSA) is 77.0 Å². The van der Waals surface area contributed by atoms with Crippen LogP contribution < -0.4 is 9.64 Å². The van der Waals surface area contributed by atoms with Crippen LogP contribution in [0.4, 0.5) is 5.82 Å². The zero-order valence-corrected chi connectivity index (χ0v) is 19.2. The highest BCUT2D eigenvalue weighted by molar-refractivity contribution is 5.95. The van der Waals surface area contributed by atoms with E-state index in [4.69, 9.17) is 14.2 Å². The minimum absolute atomic E-state index is 0.0303. The van der Waals surface area contributed by atoms with E-state index < -0.39 is 0 Å². The monoisotopic (exact) mass is 460 g/mol. The molecule has 2 fully saturated rings. The minimum Gasteiger partial charge on any atom is -0.439 e. The van der Waals surface area contributed by atoms with Crippen molar-refractivity contribution in [2.75, 3.05) is 50.9 Å². The maximum atomic E-state index is 13.3. The molecule has 0 bridgehead atoms. The highest BCUT2D eigenvalue weighted by Crippen LogP contribution is 2.26. The second kappa shape index (κ2) is 10.2. The number of amides is 1. The Labute approximate surface area is 199 Å². The van der Waals surface area contributed by atoms with Crippen molar-refractivity contribution < 1.29 is 19.0 Å². The van der Waals surface area contributed by atoms with Crippen LogP contribution in [0.5, 0.6) is 11.6 Å². The van der Waals surface area contributed by atoms with Crippen molar-refractivity contribution >= 4 is 11.7 Å². The lowest BCUT2D eigenvalue weighted by atomic mass is 10.1. The minimum atomic E-state index is -0.320. The van der Waals surface area contributed by atoms with Gasteiger partial charge in [-0.2, -0.15) is 0 Å². The summed E-state index contributed by atoms with van der Waals surface area (Å²) in [7, 11) is 0. The lowest BCUT2D eigenvalue weighted by molar-refractivity contribution is -0.0248. The lowest BCUT2D eigenvalue weighted by Crippen LogP contribution is -2.42. The number of carbonyl (C=O) groups excluding carboxylic acids is 1. The van der Waals surface area contributed by atoms with Gasteiger partial charge in [-0.25, -0.2) is 9.97 Å². The number of pyridine rings is 2. The first kappa shape index (κ1) is 22.3. The maximum Gasteiger partial charge on any atom is 0.254 e. The molecule has 0 aliphatic carbocycles. The predicted octanol–water partition coefficient (Wildman–Crippen LogP) is 3.63. The van der Waals surface area contributed by atoms with Crippen molar-refractivity contribution in [2.24, 2.45) is 0 Å². The molecule has 1 unspecified atom stereocenters. The van der Waals surface area contributed by atoms with E-state index in [2.05, 4.69) is 14.9 Å². The molecule has 1 atom stereocenters. The van der Waals surface area contributed by atoms with E-state index in [-0.39, 0.29) is 12.0 Å². The van der Waals surface area contributed by atoms with E-state index in [9.17, 15) is 4.79 Å². The van der Waals surface area contributed by atoms with Crippen molar-refractivity contribution in [1.29, 1.82) is 0 Å². The summed E-state index contributed by atoms with van der Waals surface area (Å²) in [4.78, 5) is 26.4. The standard InChI is InChI=1S/C26H28N4O4/c1-19-5-7-21(8-6-19)34-25-4-2-3-22(28-25)23-18-30(13-16-33-23)26(31)20-9-10-27-24(17-20)29-11-14-32-15-12-29/h2-10,17,23H,11-16,18H2,1H3. The van der Waals surface area contributed by atoms with E-state index >= 15 is 0 Å². The van der Waals surface area contributed by atoms with Crippen LogP contribution in [-0.2, 0) is 9.47 Å². The lowest BCUT2D eigenvalue weighted by Gasteiger charge is -2.33. The van der Waals surface area contributed by atoms with Crippen LogP contribution in [0.1, 0.15) is 27.7 Å².